The van der Waals surface area contributed by atoms with Crippen LogP contribution in [0.25, 0.3) is 0 Å². The summed E-state index contributed by atoms with van der Waals surface area (Å²) in [6.45, 7) is 5.19. The Labute approximate surface area is 121 Å². The number of hydrogen-bond acceptors (Lipinski definition) is 4. The molecule has 1 saturated heterocycles. The molecule has 20 heavy (non-hydrogen) atoms. The molecule has 0 radical (unpaired) electrons. The summed E-state index contributed by atoms with van der Waals surface area (Å²) in [6, 6.07) is 0.345. The maximum Gasteiger partial charge on any atom is 0.211 e. The lowest BCUT2D eigenvalue weighted by Gasteiger charge is -2.31. The van der Waals surface area contributed by atoms with E-state index in [0.717, 1.165) is 25.9 Å². The van der Waals surface area contributed by atoms with Gasteiger partial charge in [-0.1, -0.05) is 0 Å². The van der Waals surface area contributed by atoms with Gasteiger partial charge in [0.25, 0.3) is 0 Å². The van der Waals surface area contributed by atoms with Crippen molar-refractivity contribution in [1.29, 1.82) is 0 Å². The van der Waals surface area contributed by atoms with Crippen molar-refractivity contribution in [1.82, 2.24) is 19.2 Å². The van der Waals surface area contributed by atoms with Crippen molar-refractivity contribution in [2.75, 3.05) is 25.9 Å². The first-order chi connectivity index (χ1) is 9.45. The first-order valence-corrected chi connectivity index (χ1v) is 8.94. The summed E-state index contributed by atoms with van der Waals surface area (Å²) in [5, 5.41) is 3.49. The molecule has 0 amide bonds. The molecule has 0 aromatic carbocycles. The average Bonchev–Trinajstić information content (AvgIpc) is 2.88. The Bertz CT molecular complexity index is 500. The normalized spacial score (nSPS) is 22.8. The molecule has 6 nitrogen and oxygen atoms in total. The smallest absolute Gasteiger partial charge is 0.211 e. The third-order valence-corrected chi connectivity index (χ3v) is 5.02. The van der Waals surface area contributed by atoms with Gasteiger partial charge >= 0.3 is 0 Å². The highest BCUT2D eigenvalue weighted by Crippen LogP contribution is 2.18. The summed E-state index contributed by atoms with van der Waals surface area (Å²) in [7, 11) is -3.05. The Balaban J connectivity index is 1.76. The Morgan fingerprint density at radius 2 is 2.30 bits per heavy atom. The van der Waals surface area contributed by atoms with Crippen LogP contribution in [0.5, 0.6) is 0 Å². The minimum atomic E-state index is -3.05. The molecule has 1 aromatic heterocycles. The molecular weight excluding hydrogens is 276 g/mol. The largest absolute Gasteiger partial charge is 0.336 e. The number of nitrogens with zero attached hydrogens (tertiary/aromatic N) is 3. The Morgan fingerprint density at radius 3 is 2.95 bits per heavy atom. The van der Waals surface area contributed by atoms with E-state index in [9.17, 15) is 8.42 Å². The van der Waals surface area contributed by atoms with Crippen LogP contribution in [0.3, 0.4) is 0 Å². The van der Waals surface area contributed by atoms with Crippen LogP contribution < -0.4 is 5.32 Å². The van der Waals surface area contributed by atoms with E-state index in [1.54, 1.807) is 10.5 Å². The maximum absolute atomic E-state index is 11.6. The van der Waals surface area contributed by atoms with Crippen LogP contribution in [0.2, 0.25) is 0 Å². The average molecular weight is 300 g/mol. The van der Waals surface area contributed by atoms with Crippen molar-refractivity contribution >= 4 is 10.0 Å². The van der Waals surface area contributed by atoms with E-state index in [4.69, 9.17) is 0 Å². The molecule has 1 aliphatic heterocycles. The topological polar surface area (TPSA) is 67.2 Å². The summed E-state index contributed by atoms with van der Waals surface area (Å²) >= 11 is 0. The van der Waals surface area contributed by atoms with Gasteiger partial charge in [0.05, 0.1) is 12.6 Å². The van der Waals surface area contributed by atoms with Crippen LogP contribution >= 0.6 is 0 Å². The number of sulfonamides is 1. The van der Waals surface area contributed by atoms with E-state index in [0.29, 0.717) is 25.0 Å². The molecule has 1 aromatic rings. The van der Waals surface area contributed by atoms with E-state index in [2.05, 4.69) is 17.2 Å². The fourth-order valence-electron chi connectivity index (χ4n) is 2.64. The molecule has 0 spiro atoms. The van der Waals surface area contributed by atoms with Crippen molar-refractivity contribution < 1.29 is 8.42 Å². The minimum Gasteiger partial charge on any atom is -0.336 e. The highest BCUT2D eigenvalue weighted by molar-refractivity contribution is 7.88. The van der Waals surface area contributed by atoms with Crippen molar-refractivity contribution in [3.05, 3.63) is 18.7 Å². The van der Waals surface area contributed by atoms with E-state index in [-0.39, 0.29) is 0 Å². The summed E-state index contributed by atoms with van der Waals surface area (Å²) in [6.07, 6.45) is 8.88. The van der Waals surface area contributed by atoms with Crippen LogP contribution in [0.1, 0.15) is 19.8 Å². The van der Waals surface area contributed by atoms with Crippen LogP contribution in [0.15, 0.2) is 18.7 Å². The number of nitrogens with one attached hydrogen (secondary N) is 1. The molecule has 0 bridgehead atoms. The molecule has 7 heteroatoms. The Hall–Kier alpha value is -0.920. The fourth-order valence-corrected chi connectivity index (χ4v) is 3.58. The quantitative estimate of drug-likeness (QED) is 0.832. The summed E-state index contributed by atoms with van der Waals surface area (Å²) in [4.78, 5) is 4.02. The van der Waals surface area contributed by atoms with Gasteiger partial charge in [-0.3, -0.25) is 0 Å². The van der Waals surface area contributed by atoms with E-state index in [1.807, 2.05) is 17.1 Å². The predicted octanol–water partition coefficient (Wildman–Crippen LogP) is 0.533. The zero-order valence-electron chi connectivity index (χ0n) is 12.2. The van der Waals surface area contributed by atoms with E-state index < -0.39 is 10.0 Å². The first-order valence-electron chi connectivity index (χ1n) is 7.09. The van der Waals surface area contributed by atoms with Crippen molar-refractivity contribution in [2.24, 2.45) is 5.92 Å². The second kappa shape index (κ2) is 6.69. The highest BCUT2D eigenvalue weighted by Gasteiger charge is 2.25. The van der Waals surface area contributed by atoms with Crippen LogP contribution in [-0.2, 0) is 16.6 Å². The van der Waals surface area contributed by atoms with Crippen molar-refractivity contribution in [3.63, 3.8) is 0 Å². The number of imidazole rings is 1. The van der Waals surface area contributed by atoms with Gasteiger partial charge in [-0.2, -0.15) is 0 Å². The Morgan fingerprint density at radius 1 is 1.50 bits per heavy atom. The van der Waals surface area contributed by atoms with Crippen LogP contribution in [0, 0.1) is 5.92 Å². The maximum atomic E-state index is 11.6. The SMILES string of the molecule is CC(Cn1ccnc1)NCC1CCCN(S(C)(=O)=O)C1. The van der Waals surface area contributed by atoms with Gasteiger partial charge < -0.3 is 9.88 Å². The summed E-state index contributed by atoms with van der Waals surface area (Å²) in [5.41, 5.74) is 0. The number of piperidine rings is 1. The first kappa shape index (κ1) is 15.5. The number of hydrogen-bond donors (Lipinski definition) is 1. The molecule has 1 aliphatic rings. The van der Waals surface area contributed by atoms with Gasteiger partial charge in [0.2, 0.25) is 10.0 Å². The van der Waals surface area contributed by atoms with Gasteiger partial charge in [0, 0.05) is 38.1 Å². The third kappa shape index (κ3) is 4.57. The molecule has 2 heterocycles. The fraction of sp³-hybridized carbons (Fsp3) is 0.769. The lowest BCUT2D eigenvalue weighted by Crippen LogP contribution is -2.44. The molecule has 2 unspecified atom stereocenters. The lowest BCUT2D eigenvalue weighted by molar-refractivity contribution is 0.254. The van der Waals surface area contributed by atoms with E-state index in [1.165, 1.54) is 6.26 Å². The zero-order chi connectivity index (χ0) is 14.6. The second-order valence-corrected chi connectivity index (χ2v) is 7.68. The van der Waals surface area contributed by atoms with Gasteiger partial charge in [-0.05, 0) is 32.2 Å². The summed E-state index contributed by atoms with van der Waals surface area (Å²) < 4.78 is 26.8. The monoisotopic (exact) mass is 300 g/mol. The van der Waals surface area contributed by atoms with Gasteiger partial charge in [0.15, 0.2) is 0 Å². The molecule has 2 rings (SSSR count). The van der Waals surface area contributed by atoms with Crippen molar-refractivity contribution in [2.45, 2.75) is 32.4 Å². The Kier molecular flexibility index (Phi) is 5.17. The second-order valence-electron chi connectivity index (χ2n) is 5.70. The van der Waals surface area contributed by atoms with E-state index >= 15 is 0 Å². The highest BCUT2D eigenvalue weighted by atomic mass is 32.2. The van der Waals surface area contributed by atoms with Gasteiger partial charge in [-0.25, -0.2) is 17.7 Å². The standard InChI is InChI=1S/C13H24N4O2S/c1-12(9-16-7-5-14-11-16)15-8-13-4-3-6-17(10-13)20(2,18)19/h5,7,11-13,15H,3-4,6,8-10H2,1-2H3. The van der Waals surface area contributed by atoms with Crippen molar-refractivity contribution in [3.8, 4) is 0 Å². The molecule has 2 atom stereocenters. The number of rotatable bonds is 6. The molecule has 0 aliphatic carbocycles. The predicted molar refractivity (Wildman–Crippen MR) is 78.8 cm³/mol. The third-order valence-electron chi connectivity index (χ3n) is 3.75. The van der Waals surface area contributed by atoms with Gasteiger partial charge in [-0.15, -0.1) is 0 Å². The molecule has 0 saturated carbocycles. The van der Waals surface area contributed by atoms with Crippen LogP contribution in [0.4, 0.5) is 0 Å². The summed E-state index contributed by atoms with van der Waals surface area (Å²) in [5.74, 6) is 0.406. The van der Waals surface area contributed by atoms with Crippen LogP contribution in [-0.4, -0.2) is 54.2 Å². The number of aromatic nitrogens is 2. The molecular formula is C13H24N4O2S. The zero-order valence-corrected chi connectivity index (χ0v) is 13.0. The molecule has 1 N–H and O–H groups in total. The van der Waals surface area contributed by atoms with Gasteiger partial charge in [0.1, 0.15) is 0 Å². The lowest BCUT2D eigenvalue weighted by atomic mass is 9.99. The molecule has 1 fully saturated rings. The minimum absolute atomic E-state index is 0.345. The molecule has 114 valence electrons.